The Labute approximate surface area is 173 Å². The molecule has 2 amide bonds. The van der Waals surface area contributed by atoms with Crippen molar-refractivity contribution in [3.63, 3.8) is 0 Å². The van der Waals surface area contributed by atoms with Crippen LogP contribution in [0.15, 0.2) is 30.4 Å². The number of hydrogen-bond acceptors (Lipinski definition) is 4. The van der Waals surface area contributed by atoms with E-state index < -0.39 is 0 Å². The van der Waals surface area contributed by atoms with Crippen LogP contribution in [0.25, 0.3) is 0 Å². The Kier molecular flexibility index (Phi) is 7.55. The van der Waals surface area contributed by atoms with Gasteiger partial charge < -0.3 is 19.7 Å². The maximum atomic E-state index is 12.6. The molecule has 1 atom stereocenters. The SMILES string of the molecule is COc1ccc(NC(=O)CCC2CCN(C(=O)[C@H]3CC=CCC3)CC2)c(OC)c1. The van der Waals surface area contributed by atoms with Crippen LogP contribution < -0.4 is 14.8 Å². The Morgan fingerprint density at radius 3 is 2.55 bits per heavy atom. The molecule has 0 unspecified atom stereocenters. The predicted octanol–water partition coefficient (Wildman–Crippen LogP) is 4.02. The number of piperidine rings is 1. The largest absolute Gasteiger partial charge is 0.497 e. The van der Waals surface area contributed by atoms with Gasteiger partial charge in [-0.2, -0.15) is 0 Å². The summed E-state index contributed by atoms with van der Waals surface area (Å²) in [5.74, 6) is 2.24. The standard InChI is InChI=1S/C23H32N2O4/c1-28-19-9-10-20(21(16-19)29-2)24-22(26)11-8-17-12-14-25(15-13-17)23(27)18-6-4-3-5-7-18/h3-4,9-10,16-18H,5-8,11-15H2,1-2H3,(H,24,26)/t18-/m0/s1. The van der Waals surface area contributed by atoms with Crippen LogP contribution in [0.3, 0.4) is 0 Å². The summed E-state index contributed by atoms with van der Waals surface area (Å²) in [5.41, 5.74) is 0.653. The summed E-state index contributed by atoms with van der Waals surface area (Å²) < 4.78 is 10.5. The van der Waals surface area contributed by atoms with E-state index in [0.717, 1.165) is 51.6 Å². The smallest absolute Gasteiger partial charge is 0.226 e. The molecule has 29 heavy (non-hydrogen) atoms. The van der Waals surface area contributed by atoms with E-state index in [1.807, 2.05) is 4.90 Å². The molecule has 1 aromatic rings. The van der Waals surface area contributed by atoms with Gasteiger partial charge in [-0.05, 0) is 56.6 Å². The molecule has 6 heteroatoms. The van der Waals surface area contributed by atoms with Crippen LogP contribution in [0, 0.1) is 11.8 Å². The summed E-state index contributed by atoms with van der Waals surface area (Å²) in [5, 5.41) is 2.93. The average molecular weight is 401 g/mol. The Morgan fingerprint density at radius 2 is 1.90 bits per heavy atom. The third-order valence-electron chi connectivity index (χ3n) is 6.01. The normalized spacial score (nSPS) is 19.7. The Hall–Kier alpha value is -2.50. The number of benzene rings is 1. The van der Waals surface area contributed by atoms with Gasteiger partial charge in [-0.25, -0.2) is 0 Å². The van der Waals surface area contributed by atoms with Gasteiger partial charge in [0, 0.05) is 31.5 Å². The first kappa shape index (κ1) is 21.2. The number of allylic oxidation sites excluding steroid dienone is 2. The minimum absolute atomic E-state index is 0.0130. The predicted molar refractivity (Wildman–Crippen MR) is 113 cm³/mol. The van der Waals surface area contributed by atoms with E-state index in [1.165, 1.54) is 0 Å². The fourth-order valence-corrected chi connectivity index (χ4v) is 4.17. The topological polar surface area (TPSA) is 67.9 Å². The molecule has 1 N–H and O–H groups in total. The number of hydrogen-bond donors (Lipinski definition) is 1. The first-order valence-corrected chi connectivity index (χ1v) is 10.6. The van der Waals surface area contributed by atoms with Gasteiger partial charge in [0.2, 0.25) is 11.8 Å². The molecule has 1 heterocycles. The van der Waals surface area contributed by atoms with Gasteiger partial charge in [-0.1, -0.05) is 12.2 Å². The fourth-order valence-electron chi connectivity index (χ4n) is 4.17. The highest BCUT2D eigenvalue weighted by molar-refractivity contribution is 5.92. The maximum absolute atomic E-state index is 12.6. The number of carbonyl (C=O) groups is 2. The Bertz CT molecular complexity index is 738. The van der Waals surface area contributed by atoms with Crippen LogP contribution in [-0.4, -0.2) is 44.0 Å². The molecular weight excluding hydrogens is 368 g/mol. The Morgan fingerprint density at radius 1 is 1.10 bits per heavy atom. The molecule has 1 saturated heterocycles. The van der Waals surface area contributed by atoms with E-state index in [2.05, 4.69) is 17.5 Å². The number of likely N-dealkylation sites (tertiary alicyclic amines) is 1. The summed E-state index contributed by atoms with van der Waals surface area (Å²) in [6.45, 7) is 1.63. The lowest BCUT2D eigenvalue weighted by Crippen LogP contribution is -2.42. The zero-order chi connectivity index (χ0) is 20.6. The molecule has 1 fully saturated rings. The number of nitrogens with one attached hydrogen (secondary N) is 1. The van der Waals surface area contributed by atoms with Gasteiger partial charge >= 0.3 is 0 Å². The molecule has 0 spiro atoms. The molecule has 2 aliphatic rings. The van der Waals surface area contributed by atoms with Crippen molar-refractivity contribution in [3.05, 3.63) is 30.4 Å². The highest BCUT2D eigenvalue weighted by Gasteiger charge is 2.28. The van der Waals surface area contributed by atoms with Crippen LogP contribution in [0.1, 0.15) is 44.9 Å². The highest BCUT2D eigenvalue weighted by Crippen LogP contribution is 2.30. The van der Waals surface area contributed by atoms with Crippen molar-refractivity contribution in [1.29, 1.82) is 0 Å². The molecule has 1 aromatic carbocycles. The maximum Gasteiger partial charge on any atom is 0.226 e. The van der Waals surface area contributed by atoms with E-state index >= 15 is 0 Å². The molecule has 0 aromatic heterocycles. The number of amides is 2. The van der Waals surface area contributed by atoms with Crippen molar-refractivity contribution in [1.82, 2.24) is 4.90 Å². The molecular formula is C23H32N2O4. The quantitative estimate of drug-likeness (QED) is 0.702. The summed E-state index contributed by atoms with van der Waals surface area (Å²) in [4.78, 5) is 27.1. The monoisotopic (exact) mass is 400 g/mol. The van der Waals surface area contributed by atoms with Crippen molar-refractivity contribution in [3.8, 4) is 11.5 Å². The third kappa shape index (κ3) is 5.75. The first-order valence-electron chi connectivity index (χ1n) is 10.6. The lowest BCUT2D eigenvalue weighted by atomic mass is 9.89. The molecule has 6 nitrogen and oxygen atoms in total. The number of rotatable bonds is 7. The molecule has 0 saturated carbocycles. The third-order valence-corrected chi connectivity index (χ3v) is 6.01. The highest BCUT2D eigenvalue weighted by atomic mass is 16.5. The van der Waals surface area contributed by atoms with Crippen molar-refractivity contribution in [2.75, 3.05) is 32.6 Å². The number of nitrogens with zero attached hydrogens (tertiary/aromatic N) is 1. The average Bonchev–Trinajstić information content (AvgIpc) is 2.78. The van der Waals surface area contributed by atoms with Gasteiger partial charge in [0.25, 0.3) is 0 Å². The Balaban J connectivity index is 1.41. The second-order valence-electron chi connectivity index (χ2n) is 7.90. The van der Waals surface area contributed by atoms with Crippen LogP contribution in [0.4, 0.5) is 5.69 Å². The van der Waals surface area contributed by atoms with Crippen molar-refractivity contribution in [2.24, 2.45) is 11.8 Å². The fraction of sp³-hybridized carbons (Fsp3) is 0.565. The van der Waals surface area contributed by atoms with Crippen LogP contribution >= 0.6 is 0 Å². The van der Waals surface area contributed by atoms with Gasteiger partial charge in [-0.3, -0.25) is 9.59 Å². The summed E-state index contributed by atoms with van der Waals surface area (Å²) >= 11 is 0. The van der Waals surface area contributed by atoms with E-state index in [0.29, 0.717) is 35.4 Å². The lowest BCUT2D eigenvalue weighted by molar-refractivity contribution is -0.137. The molecule has 1 aliphatic heterocycles. The van der Waals surface area contributed by atoms with E-state index in [9.17, 15) is 9.59 Å². The minimum Gasteiger partial charge on any atom is -0.497 e. The number of methoxy groups -OCH3 is 2. The van der Waals surface area contributed by atoms with Gasteiger partial charge in [0.1, 0.15) is 11.5 Å². The van der Waals surface area contributed by atoms with Crippen LogP contribution in [0.2, 0.25) is 0 Å². The summed E-state index contributed by atoms with van der Waals surface area (Å²) in [7, 11) is 3.17. The van der Waals surface area contributed by atoms with Crippen LogP contribution in [0.5, 0.6) is 11.5 Å². The van der Waals surface area contributed by atoms with E-state index in [4.69, 9.17) is 9.47 Å². The second-order valence-corrected chi connectivity index (χ2v) is 7.90. The van der Waals surface area contributed by atoms with E-state index in [-0.39, 0.29) is 11.8 Å². The van der Waals surface area contributed by atoms with Crippen LogP contribution in [-0.2, 0) is 9.59 Å². The van der Waals surface area contributed by atoms with E-state index in [1.54, 1.807) is 32.4 Å². The number of carbonyl (C=O) groups excluding carboxylic acids is 2. The van der Waals surface area contributed by atoms with Gasteiger partial charge in [-0.15, -0.1) is 0 Å². The van der Waals surface area contributed by atoms with Gasteiger partial charge in [0.05, 0.1) is 19.9 Å². The molecule has 158 valence electrons. The lowest BCUT2D eigenvalue weighted by Gasteiger charge is -2.34. The van der Waals surface area contributed by atoms with Gasteiger partial charge in [0.15, 0.2) is 0 Å². The molecule has 3 rings (SSSR count). The number of ether oxygens (including phenoxy) is 2. The molecule has 1 aliphatic carbocycles. The first-order chi connectivity index (χ1) is 14.1. The number of anilines is 1. The zero-order valence-electron chi connectivity index (χ0n) is 17.5. The molecule has 0 bridgehead atoms. The minimum atomic E-state index is -0.0130. The molecule has 0 radical (unpaired) electrons. The van der Waals surface area contributed by atoms with Crippen molar-refractivity contribution < 1.29 is 19.1 Å². The van der Waals surface area contributed by atoms with Crippen molar-refractivity contribution in [2.45, 2.75) is 44.9 Å². The summed E-state index contributed by atoms with van der Waals surface area (Å²) in [6, 6.07) is 5.34. The van der Waals surface area contributed by atoms with Crippen molar-refractivity contribution >= 4 is 17.5 Å². The zero-order valence-corrected chi connectivity index (χ0v) is 17.5. The second kappa shape index (κ2) is 10.3. The summed E-state index contributed by atoms with van der Waals surface area (Å²) in [6.07, 6.45) is 10.5.